The molecule has 0 unspecified atom stereocenters. The van der Waals surface area contributed by atoms with E-state index in [0.29, 0.717) is 26.1 Å². The molecule has 1 aromatic rings. The molecule has 1 aromatic carbocycles. The van der Waals surface area contributed by atoms with Crippen molar-refractivity contribution in [1.29, 1.82) is 0 Å². The summed E-state index contributed by atoms with van der Waals surface area (Å²) in [7, 11) is 1.62. The summed E-state index contributed by atoms with van der Waals surface area (Å²) < 4.78 is 4.92. The molecule has 1 fully saturated rings. The smallest absolute Gasteiger partial charge is 0.234 e. The molecule has 1 aliphatic rings. The molecule has 1 N–H and O–H groups in total. The van der Waals surface area contributed by atoms with Gasteiger partial charge in [-0.15, -0.1) is 0 Å². The standard InChI is InChI=1S/C19H29N3O3/c1-16(14-18(23)17-6-4-3-5-7-17)22-11-9-21(10-12-22)15-19(24)20-8-13-25-2/h3-7,16H,8-15H2,1-2H3,(H,20,24)/t16-/m0/s1. The van der Waals surface area contributed by atoms with Gasteiger partial charge >= 0.3 is 0 Å². The molecule has 1 heterocycles. The lowest BCUT2D eigenvalue weighted by molar-refractivity contribution is -0.122. The summed E-state index contributed by atoms with van der Waals surface area (Å²) >= 11 is 0. The number of hydrogen-bond acceptors (Lipinski definition) is 5. The SMILES string of the molecule is COCCNC(=O)CN1CCN([C@@H](C)CC(=O)c2ccccc2)CC1. The summed E-state index contributed by atoms with van der Waals surface area (Å²) in [4.78, 5) is 28.7. The summed E-state index contributed by atoms with van der Waals surface area (Å²) in [6.07, 6.45) is 0.529. The summed E-state index contributed by atoms with van der Waals surface area (Å²) in [6, 6.07) is 9.67. The van der Waals surface area contributed by atoms with Crippen LogP contribution in [0.1, 0.15) is 23.7 Å². The van der Waals surface area contributed by atoms with Gasteiger partial charge in [0.2, 0.25) is 5.91 Å². The summed E-state index contributed by atoms with van der Waals surface area (Å²) in [5, 5.41) is 2.85. The Kier molecular flexibility index (Phi) is 8.04. The number of nitrogens with one attached hydrogen (secondary N) is 1. The van der Waals surface area contributed by atoms with Gasteiger partial charge in [-0.1, -0.05) is 30.3 Å². The molecule has 25 heavy (non-hydrogen) atoms. The van der Waals surface area contributed by atoms with Crippen LogP contribution in [0.25, 0.3) is 0 Å². The number of carbonyl (C=O) groups excluding carboxylic acids is 2. The van der Waals surface area contributed by atoms with Gasteiger partial charge in [-0.25, -0.2) is 0 Å². The van der Waals surface area contributed by atoms with Gasteiger partial charge in [0.25, 0.3) is 0 Å². The van der Waals surface area contributed by atoms with E-state index in [0.717, 1.165) is 31.7 Å². The Hall–Kier alpha value is -1.76. The third kappa shape index (κ3) is 6.57. The van der Waals surface area contributed by atoms with Crippen molar-refractivity contribution in [2.75, 3.05) is 53.0 Å². The van der Waals surface area contributed by atoms with Gasteiger partial charge in [-0.05, 0) is 6.92 Å². The zero-order chi connectivity index (χ0) is 18.1. The zero-order valence-corrected chi connectivity index (χ0v) is 15.2. The molecule has 1 saturated heterocycles. The molecule has 1 aliphatic heterocycles. The third-order valence-corrected chi connectivity index (χ3v) is 4.60. The second-order valence-electron chi connectivity index (χ2n) is 6.50. The van der Waals surface area contributed by atoms with Crippen LogP contribution < -0.4 is 5.32 Å². The normalized spacial score (nSPS) is 17.2. The molecule has 0 bridgehead atoms. The number of Topliss-reactive ketones (excluding diaryl/α,β-unsaturated/α-hetero) is 1. The first-order valence-corrected chi connectivity index (χ1v) is 8.90. The molecular weight excluding hydrogens is 318 g/mol. The molecule has 0 radical (unpaired) electrons. The number of ketones is 1. The van der Waals surface area contributed by atoms with Gasteiger partial charge < -0.3 is 10.1 Å². The first-order valence-electron chi connectivity index (χ1n) is 8.90. The predicted octanol–water partition coefficient (Wildman–Crippen LogP) is 1.03. The molecule has 2 rings (SSSR count). The van der Waals surface area contributed by atoms with Crippen LogP contribution in [0, 0.1) is 0 Å². The maximum Gasteiger partial charge on any atom is 0.234 e. The van der Waals surface area contributed by atoms with Crippen molar-refractivity contribution in [2.45, 2.75) is 19.4 Å². The number of methoxy groups -OCH3 is 1. The highest BCUT2D eigenvalue weighted by atomic mass is 16.5. The van der Waals surface area contributed by atoms with Gasteiger partial charge in [0.1, 0.15) is 0 Å². The molecule has 0 saturated carbocycles. The summed E-state index contributed by atoms with van der Waals surface area (Å²) in [6.45, 7) is 7.08. The Balaban J connectivity index is 1.70. The lowest BCUT2D eigenvalue weighted by atomic mass is 10.0. The minimum atomic E-state index is 0.0396. The highest BCUT2D eigenvalue weighted by molar-refractivity contribution is 5.96. The molecule has 0 spiro atoms. The van der Waals surface area contributed by atoms with Crippen LogP contribution in [-0.2, 0) is 9.53 Å². The fraction of sp³-hybridized carbons (Fsp3) is 0.579. The Labute approximate surface area is 150 Å². The third-order valence-electron chi connectivity index (χ3n) is 4.60. The molecular formula is C19H29N3O3. The molecule has 138 valence electrons. The number of nitrogens with zero attached hydrogens (tertiary/aromatic N) is 2. The number of piperazine rings is 1. The molecule has 6 heteroatoms. The van der Waals surface area contributed by atoms with Gasteiger partial charge in [-0.3, -0.25) is 19.4 Å². The van der Waals surface area contributed by atoms with E-state index in [1.54, 1.807) is 7.11 Å². The van der Waals surface area contributed by atoms with E-state index in [-0.39, 0.29) is 17.7 Å². The van der Waals surface area contributed by atoms with Gasteiger partial charge in [0.05, 0.1) is 13.2 Å². The van der Waals surface area contributed by atoms with E-state index in [4.69, 9.17) is 4.74 Å². The van der Waals surface area contributed by atoms with E-state index < -0.39 is 0 Å². The van der Waals surface area contributed by atoms with Crippen LogP contribution in [-0.4, -0.2) is 80.5 Å². The van der Waals surface area contributed by atoms with Crippen LogP contribution in [0.3, 0.4) is 0 Å². The van der Waals surface area contributed by atoms with Crippen LogP contribution in [0.15, 0.2) is 30.3 Å². The van der Waals surface area contributed by atoms with Gasteiger partial charge in [0, 0.05) is 57.9 Å². The summed E-state index contributed by atoms with van der Waals surface area (Å²) in [5.41, 5.74) is 0.778. The highest BCUT2D eigenvalue weighted by Crippen LogP contribution is 2.12. The van der Waals surface area contributed by atoms with Crippen molar-refractivity contribution >= 4 is 11.7 Å². The van der Waals surface area contributed by atoms with Gasteiger partial charge in [-0.2, -0.15) is 0 Å². The molecule has 1 amide bonds. The average Bonchev–Trinajstić information content (AvgIpc) is 2.63. The number of rotatable bonds is 9. The molecule has 6 nitrogen and oxygen atoms in total. The molecule has 0 aromatic heterocycles. The van der Waals surface area contributed by atoms with Crippen LogP contribution >= 0.6 is 0 Å². The lowest BCUT2D eigenvalue weighted by Crippen LogP contribution is -2.52. The minimum Gasteiger partial charge on any atom is -0.383 e. The Bertz CT molecular complexity index is 542. The van der Waals surface area contributed by atoms with E-state index in [9.17, 15) is 9.59 Å². The van der Waals surface area contributed by atoms with E-state index in [1.165, 1.54) is 0 Å². The van der Waals surface area contributed by atoms with Crippen molar-refractivity contribution in [3.8, 4) is 0 Å². The Morgan fingerprint density at radius 3 is 2.48 bits per heavy atom. The van der Waals surface area contributed by atoms with Crippen molar-refractivity contribution in [3.05, 3.63) is 35.9 Å². The van der Waals surface area contributed by atoms with Crippen LogP contribution in [0.4, 0.5) is 0 Å². The largest absolute Gasteiger partial charge is 0.383 e. The second-order valence-corrected chi connectivity index (χ2v) is 6.50. The van der Waals surface area contributed by atoms with Crippen molar-refractivity contribution in [3.63, 3.8) is 0 Å². The van der Waals surface area contributed by atoms with Crippen molar-refractivity contribution in [1.82, 2.24) is 15.1 Å². The number of carbonyl (C=O) groups is 2. The van der Waals surface area contributed by atoms with Crippen molar-refractivity contribution in [2.24, 2.45) is 0 Å². The maximum atomic E-state index is 12.3. The number of amides is 1. The van der Waals surface area contributed by atoms with E-state index >= 15 is 0 Å². The number of hydrogen-bond donors (Lipinski definition) is 1. The predicted molar refractivity (Wildman–Crippen MR) is 97.8 cm³/mol. The molecule has 1 atom stereocenters. The molecule has 0 aliphatic carbocycles. The lowest BCUT2D eigenvalue weighted by Gasteiger charge is -2.37. The Morgan fingerprint density at radius 2 is 1.84 bits per heavy atom. The van der Waals surface area contributed by atoms with E-state index in [2.05, 4.69) is 22.0 Å². The summed E-state index contributed by atoms with van der Waals surface area (Å²) in [5.74, 6) is 0.228. The van der Waals surface area contributed by atoms with Crippen LogP contribution in [0.5, 0.6) is 0 Å². The monoisotopic (exact) mass is 347 g/mol. The topological polar surface area (TPSA) is 61.9 Å². The number of ether oxygens (including phenoxy) is 1. The van der Waals surface area contributed by atoms with Gasteiger partial charge in [0.15, 0.2) is 5.78 Å². The first-order chi connectivity index (χ1) is 12.1. The zero-order valence-electron chi connectivity index (χ0n) is 15.2. The minimum absolute atomic E-state index is 0.0396. The Morgan fingerprint density at radius 1 is 1.16 bits per heavy atom. The first kappa shape index (κ1) is 19.6. The van der Waals surface area contributed by atoms with Crippen LogP contribution in [0.2, 0.25) is 0 Å². The number of benzene rings is 1. The quantitative estimate of drug-likeness (QED) is 0.534. The van der Waals surface area contributed by atoms with E-state index in [1.807, 2.05) is 30.3 Å². The second kappa shape index (κ2) is 10.3. The highest BCUT2D eigenvalue weighted by Gasteiger charge is 2.24. The maximum absolute atomic E-state index is 12.3. The average molecular weight is 347 g/mol. The van der Waals surface area contributed by atoms with Crippen molar-refractivity contribution < 1.29 is 14.3 Å². The fourth-order valence-corrected chi connectivity index (χ4v) is 3.05. The fourth-order valence-electron chi connectivity index (χ4n) is 3.05.